The molecular formula is C12H8ClNOS. The second-order valence-electron chi connectivity index (χ2n) is 3.17. The van der Waals surface area contributed by atoms with E-state index in [-0.39, 0.29) is 0 Å². The van der Waals surface area contributed by atoms with Gasteiger partial charge in [-0.05, 0) is 25.1 Å². The number of furan rings is 1. The van der Waals surface area contributed by atoms with Gasteiger partial charge in [-0.3, -0.25) is 0 Å². The fourth-order valence-electron chi connectivity index (χ4n) is 1.30. The molecule has 0 radical (unpaired) electrons. The summed E-state index contributed by atoms with van der Waals surface area (Å²) < 4.78 is 5.20. The van der Waals surface area contributed by atoms with E-state index in [4.69, 9.17) is 21.3 Å². The van der Waals surface area contributed by atoms with Crippen LogP contribution in [0.1, 0.15) is 11.3 Å². The van der Waals surface area contributed by atoms with E-state index >= 15 is 0 Å². The number of hydrogen-bond donors (Lipinski definition) is 0. The van der Waals surface area contributed by atoms with E-state index in [2.05, 4.69) is 6.07 Å². The molecule has 0 aliphatic rings. The highest BCUT2D eigenvalue weighted by Crippen LogP contribution is 2.35. The molecule has 0 saturated carbocycles. The third kappa shape index (κ3) is 2.08. The number of halogens is 1. The van der Waals surface area contributed by atoms with Gasteiger partial charge in [-0.25, -0.2) is 0 Å². The van der Waals surface area contributed by atoms with Crippen LogP contribution in [0.4, 0.5) is 0 Å². The summed E-state index contributed by atoms with van der Waals surface area (Å²) in [5, 5.41) is 9.51. The monoisotopic (exact) mass is 249 g/mol. The quantitative estimate of drug-likeness (QED) is 0.798. The van der Waals surface area contributed by atoms with E-state index in [1.165, 1.54) is 11.8 Å². The van der Waals surface area contributed by atoms with Gasteiger partial charge in [0.05, 0.1) is 21.7 Å². The maximum absolute atomic E-state index is 9.03. The van der Waals surface area contributed by atoms with Crippen molar-refractivity contribution in [2.75, 3.05) is 0 Å². The Bertz CT molecular complexity index is 556. The molecule has 2 nitrogen and oxygen atoms in total. The van der Waals surface area contributed by atoms with Crippen molar-refractivity contribution < 1.29 is 4.42 Å². The normalized spacial score (nSPS) is 10.1. The summed E-state index contributed by atoms with van der Waals surface area (Å²) >= 11 is 7.44. The molecule has 0 amide bonds. The molecule has 0 saturated heterocycles. The second kappa shape index (κ2) is 4.65. The molecule has 0 bridgehead atoms. The number of hydrogen-bond acceptors (Lipinski definition) is 3. The predicted octanol–water partition coefficient (Wildman–Crippen LogP) is 4.26. The Kier molecular flexibility index (Phi) is 3.23. The molecule has 0 unspecified atom stereocenters. The van der Waals surface area contributed by atoms with Crippen molar-refractivity contribution in [3.63, 3.8) is 0 Å². The molecule has 0 aliphatic heterocycles. The van der Waals surface area contributed by atoms with Crippen molar-refractivity contribution in [2.45, 2.75) is 16.7 Å². The molecule has 1 heterocycles. The second-order valence-corrected chi connectivity index (χ2v) is 4.66. The first-order valence-corrected chi connectivity index (χ1v) is 5.82. The van der Waals surface area contributed by atoms with Crippen LogP contribution in [-0.2, 0) is 0 Å². The number of nitrogens with zero attached hydrogens (tertiary/aromatic N) is 1. The predicted molar refractivity (Wildman–Crippen MR) is 63.7 cm³/mol. The van der Waals surface area contributed by atoms with E-state index in [1.807, 2.05) is 25.1 Å². The molecular weight excluding hydrogens is 242 g/mol. The summed E-state index contributed by atoms with van der Waals surface area (Å²) in [6, 6.07) is 9.41. The highest BCUT2D eigenvalue weighted by atomic mass is 35.5. The van der Waals surface area contributed by atoms with Crippen LogP contribution in [0.5, 0.6) is 0 Å². The molecule has 2 rings (SSSR count). The smallest absolute Gasteiger partial charge is 0.114 e. The molecule has 2 aromatic rings. The highest BCUT2D eigenvalue weighted by Gasteiger charge is 2.10. The minimum atomic E-state index is 0.480. The lowest BCUT2D eigenvalue weighted by atomic mass is 10.2. The molecule has 16 heavy (non-hydrogen) atoms. The SMILES string of the molecule is Cc1occc1Sc1cccc(Cl)c1C#N. The van der Waals surface area contributed by atoms with Gasteiger partial charge in [-0.15, -0.1) is 0 Å². The molecule has 1 aromatic heterocycles. The number of rotatable bonds is 2. The van der Waals surface area contributed by atoms with Crippen molar-refractivity contribution in [2.24, 2.45) is 0 Å². The first-order valence-electron chi connectivity index (χ1n) is 4.63. The van der Waals surface area contributed by atoms with E-state index in [0.717, 1.165) is 15.6 Å². The molecule has 0 fully saturated rings. The third-order valence-corrected chi connectivity index (χ3v) is 3.64. The Morgan fingerprint density at radius 1 is 1.31 bits per heavy atom. The van der Waals surface area contributed by atoms with Crippen LogP contribution in [0.25, 0.3) is 0 Å². The molecule has 80 valence electrons. The van der Waals surface area contributed by atoms with Crippen LogP contribution < -0.4 is 0 Å². The van der Waals surface area contributed by atoms with Gasteiger partial charge in [0, 0.05) is 4.90 Å². The van der Waals surface area contributed by atoms with Gasteiger partial charge in [0.1, 0.15) is 11.8 Å². The zero-order valence-electron chi connectivity index (χ0n) is 8.53. The first kappa shape index (κ1) is 11.1. The van der Waals surface area contributed by atoms with Crippen LogP contribution in [0, 0.1) is 18.3 Å². The molecule has 0 atom stereocenters. The lowest BCUT2D eigenvalue weighted by molar-refractivity contribution is 0.527. The maximum atomic E-state index is 9.03. The first-order chi connectivity index (χ1) is 7.72. The van der Waals surface area contributed by atoms with Crippen molar-refractivity contribution >= 4 is 23.4 Å². The molecule has 4 heteroatoms. The Hall–Kier alpha value is -1.37. The molecule has 0 spiro atoms. The van der Waals surface area contributed by atoms with Gasteiger partial charge in [0.25, 0.3) is 0 Å². The standard InChI is InChI=1S/C12H8ClNOS/c1-8-11(5-6-15-8)16-12-4-2-3-10(13)9(12)7-14/h2-6H,1H3. The van der Waals surface area contributed by atoms with Crippen LogP contribution in [0.2, 0.25) is 5.02 Å². The zero-order valence-corrected chi connectivity index (χ0v) is 10.1. The van der Waals surface area contributed by atoms with Crippen LogP contribution in [0.3, 0.4) is 0 Å². The minimum Gasteiger partial charge on any atom is -0.468 e. The van der Waals surface area contributed by atoms with Crippen LogP contribution >= 0.6 is 23.4 Å². The molecule has 0 N–H and O–H groups in total. The van der Waals surface area contributed by atoms with Crippen molar-refractivity contribution in [3.05, 3.63) is 46.9 Å². The number of aryl methyl sites for hydroxylation is 1. The topological polar surface area (TPSA) is 36.9 Å². The summed E-state index contributed by atoms with van der Waals surface area (Å²) in [5.74, 6) is 0.842. The maximum Gasteiger partial charge on any atom is 0.114 e. The van der Waals surface area contributed by atoms with E-state index in [9.17, 15) is 0 Å². The van der Waals surface area contributed by atoms with Crippen molar-refractivity contribution in [3.8, 4) is 6.07 Å². The average molecular weight is 250 g/mol. The van der Waals surface area contributed by atoms with Crippen LogP contribution in [0.15, 0.2) is 44.7 Å². The number of benzene rings is 1. The Morgan fingerprint density at radius 2 is 2.12 bits per heavy atom. The van der Waals surface area contributed by atoms with Crippen molar-refractivity contribution in [1.29, 1.82) is 5.26 Å². The van der Waals surface area contributed by atoms with Crippen LogP contribution in [-0.4, -0.2) is 0 Å². The van der Waals surface area contributed by atoms with Gasteiger partial charge in [-0.1, -0.05) is 29.4 Å². The van der Waals surface area contributed by atoms with Gasteiger partial charge < -0.3 is 4.42 Å². The fraction of sp³-hybridized carbons (Fsp3) is 0.0833. The summed E-state index contributed by atoms with van der Waals surface area (Å²) in [6.07, 6.45) is 1.63. The van der Waals surface area contributed by atoms with E-state index in [1.54, 1.807) is 12.3 Å². The van der Waals surface area contributed by atoms with Gasteiger partial charge >= 0.3 is 0 Å². The summed E-state index contributed by atoms with van der Waals surface area (Å²) in [6.45, 7) is 1.89. The third-order valence-electron chi connectivity index (χ3n) is 2.12. The number of nitriles is 1. The zero-order chi connectivity index (χ0) is 11.5. The average Bonchev–Trinajstić information content (AvgIpc) is 2.65. The van der Waals surface area contributed by atoms with Gasteiger partial charge in [0.2, 0.25) is 0 Å². The summed E-state index contributed by atoms with van der Waals surface area (Å²) in [5.41, 5.74) is 0.509. The van der Waals surface area contributed by atoms with Gasteiger partial charge in [-0.2, -0.15) is 5.26 Å². The fourth-order valence-corrected chi connectivity index (χ4v) is 2.53. The lowest BCUT2D eigenvalue weighted by Gasteiger charge is -2.03. The van der Waals surface area contributed by atoms with Crippen molar-refractivity contribution in [1.82, 2.24) is 0 Å². The Labute approximate surface area is 103 Å². The lowest BCUT2D eigenvalue weighted by Crippen LogP contribution is -1.82. The molecule has 0 aliphatic carbocycles. The van der Waals surface area contributed by atoms with E-state index < -0.39 is 0 Å². The summed E-state index contributed by atoms with van der Waals surface area (Å²) in [7, 11) is 0. The summed E-state index contributed by atoms with van der Waals surface area (Å²) in [4.78, 5) is 1.85. The largest absolute Gasteiger partial charge is 0.468 e. The Morgan fingerprint density at radius 3 is 2.75 bits per heavy atom. The minimum absolute atomic E-state index is 0.480. The van der Waals surface area contributed by atoms with E-state index in [0.29, 0.717) is 10.6 Å². The molecule has 1 aromatic carbocycles. The van der Waals surface area contributed by atoms with Gasteiger partial charge in [0.15, 0.2) is 0 Å². The Balaban J connectivity index is 2.40. The highest BCUT2D eigenvalue weighted by molar-refractivity contribution is 7.99.